The summed E-state index contributed by atoms with van der Waals surface area (Å²) in [5.74, 6) is -1.06. The highest BCUT2D eigenvalue weighted by Gasteiger charge is 2.45. The van der Waals surface area contributed by atoms with E-state index in [0.29, 0.717) is 22.0 Å². The number of nitrogens with zero attached hydrogens (tertiary/aromatic N) is 2. The summed E-state index contributed by atoms with van der Waals surface area (Å²) in [5.41, 5.74) is 2.94. The molecule has 2 aromatic heterocycles. The van der Waals surface area contributed by atoms with Crippen LogP contribution in [0, 0.1) is 0 Å². The van der Waals surface area contributed by atoms with Crippen molar-refractivity contribution < 1.29 is 34.8 Å². The molecule has 10 heteroatoms. The first kappa shape index (κ1) is 23.6. The van der Waals surface area contributed by atoms with Crippen molar-refractivity contribution in [2.45, 2.75) is 30.6 Å². The van der Waals surface area contributed by atoms with Crippen LogP contribution in [0.3, 0.4) is 0 Å². The lowest BCUT2D eigenvalue weighted by atomic mass is 9.95. The van der Waals surface area contributed by atoms with E-state index in [0.717, 1.165) is 10.9 Å². The van der Waals surface area contributed by atoms with E-state index >= 15 is 0 Å². The van der Waals surface area contributed by atoms with Crippen molar-refractivity contribution in [1.29, 1.82) is 0 Å². The first-order valence-corrected chi connectivity index (χ1v) is 11.9. The Morgan fingerprint density at radius 2 is 1.38 bits per heavy atom. The molecule has 10 nitrogen and oxygen atoms in total. The monoisotopic (exact) mass is 503 g/mol. The van der Waals surface area contributed by atoms with Crippen LogP contribution in [0.25, 0.3) is 33.0 Å². The normalized spacial score (nSPS) is 26.5. The molecule has 4 aromatic rings. The maximum atomic E-state index is 13.2. The van der Waals surface area contributed by atoms with Gasteiger partial charge in [0, 0.05) is 46.9 Å². The van der Waals surface area contributed by atoms with Crippen molar-refractivity contribution in [1.82, 2.24) is 14.5 Å². The smallest absolute Gasteiger partial charge is 0.259 e. The fourth-order valence-corrected chi connectivity index (χ4v) is 5.44. The number of carbonyl (C=O) groups excluding carboxylic acids is 2. The highest BCUT2D eigenvalue weighted by atomic mass is 16.6. The zero-order valence-corrected chi connectivity index (χ0v) is 19.8. The van der Waals surface area contributed by atoms with Crippen LogP contribution in [0.5, 0.6) is 0 Å². The van der Waals surface area contributed by atoms with Gasteiger partial charge in [-0.2, -0.15) is 0 Å². The van der Waals surface area contributed by atoms with Gasteiger partial charge in [-0.15, -0.1) is 0 Å². The largest absolute Gasteiger partial charge is 0.394 e. The van der Waals surface area contributed by atoms with Crippen LogP contribution < -0.4 is 5.32 Å². The number of imide groups is 1. The molecule has 4 heterocycles. The number of carbonyl (C=O) groups is 2. The van der Waals surface area contributed by atoms with E-state index in [9.17, 15) is 30.0 Å². The van der Waals surface area contributed by atoms with E-state index in [4.69, 9.17) is 4.74 Å². The fourth-order valence-electron chi connectivity index (χ4n) is 5.44. The molecular weight excluding hydrogens is 478 g/mol. The summed E-state index contributed by atoms with van der Waals surface area (Å²) in [6, 6.07) is 14.7. The molecule has 0 radical (unpaired) electrons. The van der Waals surface area contributed by atoms with Gasteiger partial charge in [0.25, 0.3) is 11.8 Å². The van der Waals surface area contributed by atoms with Gasteiger partial charge in [-0.1, -0.05) is 36.4 Å². The minimum atomic E-state index is -1.57. The topological polar surface area (TPSA) is 146 Å². The number of hydrogen-bond acceptors (Lipinski definition) is 7. The highest BCUT2D eigenvalue weighted by Crippen LogP contribution is 2.40. The average Bonchev–Trinajstić information content (AvgIpc) is 3.53. The number of aryl methyl sites for hydroxylation is 1. The maximum absolute atomic E-state index is 13.2. The number of benzene rings is 2. The lowest BCUT2D eigenvalue weighted by molar-refractivity contribution is -0.250. The molecule has 2 aliphatic heterocycles. The van der Waals surface area contributed by atoms with Crippen molar-refractivity contribution in [2.24, 2.45) is 7.05 Å². The van der Waals surface area contributed by atoms with Gasteiger partial charge >= 0.3 is 0 Å². The van der Waals surface area contributed by atoms with Gasteiger partial charge < -0.3 is 34.3 Å². The third kappa shape index (κ3) is 3.45. The van der Waals surface area contributed by atoms with E-state index < -0.39 is 49.1 Å². The second-order valence-electron chi connectivity index (χ2n) is 9.39. The first-order chi connectivity index (χ1) is 17.8. The lowest BCUT2D eigenvalue weighted by Gasteiger charge is -2.40. The minimum absolute atomic E-state index is 0.181. The number of rotatable bonds is 4. The molecule has 1 saturated heterocycles. The zero-order chi connectivity index (χ0) is 26.0. The Morgan fingerprint density at radius 1 is 0.811 bits per heavy atom. The number of ether oxygens (including phenoxy) is 1. The zero-order valence-electron chi connectivity index (χ0n) is 19.8. The summed E-state index contributed by atoms with van der Waals surface area (Å²) in [6.07, 6.45) is -3.46. The Hall–Kier alpha value is -3.80. The average molecular weight is 504 g/mol. The number of aliphatic hydroxyl groups excluding tert-OH is 4. The molecule has 2 amide bonds. The highest BCUT2D eigenvalue weighted by molar-refractivity contribution is 6.50. The number of hydrogen-bond donors (Lipinski definition) is 5. The minimum Gasteiger partial charge on any atom is -0.394 e. The molecule has 2 aliphatic rings. The van der Waals surface area contributed by atoms with Gasteiger partial charge in [0.15, 0.2) is 6.23 Å². The van der Waals surface area contributed by atoms with Crippen LogP contribution in [-0.4, -0.2) is 72.4 Å². The van der Waals surface area contributed by atoms with Gasteiger partial charge in [-0.3, -0.25) is 14.9 Å². The second-order valence-corrected chi connectivity index (χ2v) is 9.39. The predicted octanol–water partition coefficient (Wildman–Crippen LogP) is 0.673. The molecule has 1 fully saturated rings. The Balaban J connectivity index is 1.59. The Labute approximate surface area is 210 Å². The lowest BCUT2D eigenvalue weighted by Crippen LogP contribution is -2.56. The van der Waals surface area contributed by atoms with Crippen molar-refractivity contribution in [2.75, 3.05) is 6.61 Å². The molecule has 0 unspecified atom stereocenters. The standard InChI is InChI=1S/C27H25N3O7/c1-29-10-15(13-6-2-4-8-17(13)29)20-21(26(36)28-25(20)35)16-11-30(18-9-5-3-7-14(16)18)27-24(34)23(33)22(32)19(12-31)37-27/h2-11,19,22-24,27,31-34H,12H2,1H3,(H,28,35,36)/t19-,22-,23+,24-,27+/m1/s1. The van der Waals surface area contributed by atoms with Crippen LogP contribution in [0.1, 0.15) is 17.4 Å². The van der Waals surface area contributed by atoms with Gasteiger partial charge in [0.05, 0.1) is 23.3 Å². The summed E-state index contributed by atoms with van der Waals surface area (Å²) in [4.78, 5) is 26.3. The number of para-hydroxylation sites is 2. The number of aromatic nitrogens is 2. The molecular formula is C27H25N3O7. The predicted molar refractivity (Wildman–Crippen MR) is 134 cm³/mol. The van der Waals surface area contributed by atoms with Gasteiger partial charge in [0.1, 0.15) is 24.4 Å². The summed E-state index contributed by atoms with van der Waals surface area (Å²) < 4.78 is 9.23. The van der Waals surface area contributed by atoms with Gasteiger partial charge in [0.2, 0.25) is 0 Å². The molecule has 190 valence electrons. The Kier molecular flexibility index (Phi) is 5.51. The Bertz CT molecular complexity index is 1600. The van der Waals surface area contributed by atoms with Crippen LogP contribution in [0.2, 0.25) is 0 Å². The number of amides is 2. The van der Waals surface area contributed by atoms with Crippen LogP contribution in [0.4, 0.5) is 0 Å². The van der Waals surface area contributed by atoms with Gasteiger partial charge in [-0.25, -0.2) is 0 Å². The van der Waals surface area contributed by atoms with E-state index in [1.165, 1.54) is 0 Å². The van der Waals surface area contributed by atoms with Crippen molar-refractivity contribution in [3.8, 4) is 0 Å². The summed E-state index contributed by atoms with van der Waals surface area (Å²) >= 11 is 0. The molecule has 0 saturated carbocycles. The Morgan fingerprint density at radius 3 is 2.03 bits per heavy atom. The van der Waals surface area contributed by atoms with E-state index in [1.807, 2.05) is 42.1 Å². The maximum Gasteiger partial charge on any atom is 0.259 e. The molecule has 0 aliphatic carbocycles. The number of nitrogens with one attached hydrogen (secondary N) is 1. The summed E-state index contributed by atoms with van der Waals surface area (Å²) in [5, 5.41) is 44.9. The van der Waals surface area contributed by atoms with Crippen molar-refractivity contribution in [3.05, 3.63) is 72.1 Å². The third-order valence-corrected chi connectivity index (χ3v) is 7.25. The molecule has 0 bridgehead atoms. The van der Waals surface area contributed by atoms with Gasteiger partial charge in [-0.05, 0) is 12.1 Å². The SMILES string of the molecule is Cn1cc(C2=C(c3cn([C@H]4O[C@H](CO)[C@@H](O)[C@H](O)[C@H]4O)c4ccccc34)C(=O)NC2=O)c2ccccc21. The number of aliphatic hydroxyl groups is 4. The second kappa shape index (κ2) is 8.65. The summed E-state index contributed by atoms with van der Waals surface area (Å²) in [6.45, 7) is -0.569. The molecule has 37 heavy (non-hydrogen) atoms. The van der Waals surface area contributed by atoms with E-state index in [1.54, 1.807) is 35.0 Å². The summed E-state index contributed by atoms with van der Waals surface area (Å²) in [7, 11) is 1.87. The number of fused-ring (bicyclic) bond motifs is 2. The quantitative estimate of drug-likeness (QED) is 0.257. The molecule has 6 rings (SSSR count). The molecule has 0 spiro atoms. The van der Waals surface area contributed by atoms with Crippen LogP contribution in [-0.2, 0) is 21.4 Å². The van der Waals surface area contributed by atoms with E-state index in [-0.39, 0.29) is 11.1 Å². The van der Waals surface area contributed by atoms with E-state index in [2.05, 4.69) is 5.32 Å². The fraction of sp³-hybridized carbons (Fsp3) is 0.259. The van der Waals surface area contributed by atoms with Crippen molar-refractivity contribution in [3.63, 3.8) is 0 Å². The third-order valence-electron chi connectivity index (χ3n) is 7.25. The van der Waals surface area contributed by atoms with Crippen LogP contribution >= 0.6 is 0 Å². The van der Waals surface area contributed by atoms with Crippen LogP contribution in [0.15, 0.2) is 60.9 Å². The molecule has 2 aromatic carbocycles. The molecule has 5 N–H and O–H groups in total. The van der Waals surface area contributed by atoms with Crippen molar-refractivity contribution >= 4 is 44.8 Å². The first-order valence-electron chi connectivity index (χ1n) is 11.9. The molecule has 5 atom stereocenters.